The molecule has 5 rings (SSSR count). The summed E-state index contributed by atoms with van der Waals surface area (Å²) in [6.07, 6.45) is 2.51. The Morgan fingerprint density at radius 3 is 2.88 bits per heavy atom. The smallest absolute Gasteiger partial charge is 0.0566 e. The number of aromatic nitrogens is 1. The van der Waals surface area contributed by atoms with Gasteiger partial charge in [0, 0.05) is 34.1 Å². The van der Waals surface area contributed by atoms with Crippen LogP contribution in [0.25, 0.3) is 21.5 Å². The van der Waals surface area contributed by atoms with Crippen LogP contribution in [0.2, 0.25) is 0 Å². The topological polar surface area (TPSA) is 31.1 Å². The van der Waals surface area contributed by atoms with Crippen molar-refractivity contribution in [1.29, 1.82) is 0 Å². The number of hydrogen-bond acceptors (Lipinski definition) is 4. The van der Waals surface area contributed by atoms with E-state index in [0.717, 1.165) is 13.1 Å². The molecule has 0 radical (unpaired) electrons. The first kappa shape index (κ1) is 14.9. The SMILES string of the molecule is c1csc(-c2cc3cc4c(cc3[nH]2)N(C2CCNCC2)CCS4)c1. The van der Waals surface area contributed by atoms with Crippen molar-refractivity contribution in [2.75, 3.05) is 30.3 Å². The van der Waals surface area contributed by atoms with Crippen LogP contribution in [-0.4, -0.2) is 36.4 Å². The van der Waals surface area contributed by atoms with E-state index in [1.54, 1.807) is 11.3 Å². The monoisotopic (exact) mass is 355 g/mol. The maximum Gasteiger partial charge on any atom is 0.0566 e. The molecule has 3 aromatic rings. The summed E-state index contributed by atoms with van der Waals surface area (Å²) in [6.45, 7) is 3.47. The van der Waals surface area contributed by atoms with Crippen LogP contribution in [0.3, 0.4) is 0 Å². The summed E-state index contributed by atoms with van der Waals surface area (Å²) in [4.78, 5) is 9.06. The summed E-state index contributed by atoms with van der Waals surface area (Å²) in [5.74, 6) is 1.20. The van der Waals surface area contributed by atoms with Crippen molar-refractivity contribution >= 4 is 39.7 Å². The number of fused-ring (bicyclic) bond motifs is 2. The van der Waals surface area contributed by atoms with Gasteiger partial charge in [0.2, 0.25) is 0 Å². The van der Waals surface area contributed by atoms with Crippen molar-refractivity contribution in [2.45, 2.75) is 23.8 Å². The van der Waals surface area contributed by atoms with Crippen LogP contribution < -0.4 is 10.2 Å². The molecule has 4 heterocycles. The normalized spacial score (nSPS) is 18.9. The lowest BCUT2D eigenvalue weighted by Gasteiger charge is -2.39. The number of aromatic amines is 1. The molecule has 2 aliphatic heterocycles. The Hall–Kier alpha value is -1.43. The molecule has 1 saturated heterocycles. The molecular formula is C19H21N3S2. The number of thioether (sulfide) groups is 1. The number of nitrogens with zero attached hydrogens (tertiary/aromatic N) is 1. The fraction of sp³-hybridized carbons (Fsp3) is 0.368. The van der Waals surface area contributed by atoms with Crippen molar-refractivity contribution in [3.8, 4) is 10.6 Å². The van der Waals surface area contributed by atoms with E-state index in [0.29, 0.717) is 6.04 Å². The van der Waals surface area contributed by atoms with Gasteiger partial charge in [-0.2, -0.15) is 0 Å². The van der Waals surface area contributed by atoms with Gasteiger partial charge < -0.3 is 15.2 Å². The van der Waals surface area contributed by atoms with Crippen LogP contribution in [0.5, 0.6) is 0 Å². The van der Waals surface area contributed by atoms with Gasteiger partial charge in [-0.05, 0) is 55.6 Å². The standard InChI is InChI=1S/C19H21N3S2/c1-2-18(23-8-1)16-10-13-11-19-17(12-15(13)21-16)22(7-9-24-19)14-3-5-20-6-4-14/h1-2,8,10-12,14,20-21H,3-7,9H2. The van der Waals surface area contributed by atoms with E-state index in [4.69, 9.17) is 0 Å². The number of anilines is 1. The molecule has 0 atom stereocenters. The maximum absolute atomic E-state index is 3.63. The predicted molar refractivity (Wildman–Crippen MR) is 106 cm³/mol. The summed E-state index contributed by atoms with van der Waals surface area (Å²) < 4.78 is 0. The zero-order valence-corrected chi connectivity index (χ0v) is 15.2. The van der Waals surface area contributed by atoms with Crippen LogP contribution in [0.1, 0.15) is 12.8 Å². The second-order valence-electron chi connectivity index (χ2n) is 6.59. The van der Waals surface area contributed by atoms with Crippen LogP contribution in [-0.2, 0) is 0 Å². The lowest BCUT2D eigenvalue weighted by atomic mass is 10.0. The molecule has 2 aromatic heterocycles. The highest BCUT2D eigenvalue weighted by Crippen LogP contribution is 2.40. The molecule has 2 aliphatic rings. The summed E-state index contributed by atoms with van der Waals surface area (Å²) in [5, 5.41) is 6.96. The molecule has 1 fully saturated rings. The third-order valence-corrected chi connectivity index (χ3v) is 7.06. The highest BCUT2D eigenvalue weighted by atomic mass is 32.2. The summed E-state index contributed by atoms with van der Waals surface area (Å²) in [7, 11) is 0. The fourth-order valence-corrected chi connectivity index (χ4v) is 5.67. The molecule has 2 N–H and O–H groups in total. The zero-order valence-electron chi connectivity index (χ0n) is 13.5. The number of piperidine rings is 1. The summed E-state index contributed by atoms with van der Waals surface area (Å²) in [5.41, 5.74) is 3.93. The quantitative estimate of drug-likeness (QED) is 0.706. The van der Waals surface area contributed by atoms with Gasteiger partial charge in [-0.25, -0.2) is 0 Å². The zero-order chi connectivity index (χ0) is 15.9. The van der Waals surface area contributed by atoms with Gasteiger partial charge >= 0.3 is 0 Å². The van der Waals surface area contributed by atoms with Gasteiger partial charge in [0.25, 0.3) is 0 Å². The number of H-pyrrole nitrogens is 1. The predicted octanol–water partition coefficient (Wildman–Crippen LogP) is 4.56. The van der Waals surface area contributed by atoms with Crippen molar-refractivity contribution in [3.63, 3.8) is 0 Å². The van der Waals surface area contributed by atoms with E-state index >= 15 is 0 Å². The Morgan fingerprint density at radius 1 is 1.12 bits per heavy atom. The second-order valence-corrected chi connectivity index (χ2v) is 8.67. The van der Waals surface area contributed by atoms with Crippen LogP contribution in [0, 0.1) is 0 Å². The highest BCUT2D eigenvalue weighted by molar-refractivity contribution is 7.99. The van der Waals surface area contributed by atoms with Crippen molar-refractivity contribution < 1.29 is 0 Å². The van der Waals surface area contributed by atoms with E-state index in [1.165, 1.54) is 57.2 Å². The molecular weight excluding hydrogens is 334 g/mol. The maximum atomic E-state index is 3.63. The summed E-state index contributed by atoms with van der Waals surface area (Å²) in [6, 6.07) is 12.1. The largest absolute Gasteiger partial charge is 0.367 e. The van der Waals surface area contributed by atoms with Gasteiger partial charge in [-0.15, -0.1) is 23.1 Å². The van der Waals surface area contributed by atoms with Gasteiger partial charge in [0.15, 0.2) is 0 Å². The van der Waals surface area contributed by atoms with Gasteiger partial charge in [-0.3, -0.25) is 0 Å². The third-order valence-electron chi connectivity index (χ3n) is 5.14. The van der Waals surface area contributed by atoms with Gasteiger partial charge in [-0.1, -0.05) is 6.07 Å². The first-order valence-corrected chi connectivity index (χ1v) is 10.6. The molecule has 0 amide bonds. The average molecular weight is 356 g/mol. The molecule has 0 bridgehead atoms. The van der Waals surface area contributed by atoms with Gasteiger partial charge in [0.1, 0.15) is 0 Å². The average Bonchev–Trinajstić information content (AvgIpc) is 3.29. The first-order chi connectivity index (χ1) is 11.9. The Kier molecular flexibility index (Phi) is 3.80. The third kappa shape index (κ3) is 2.55. The number of hydrogen-bond donors (Lipinski definition) is 2. The minimum absolute atomic E-state index is 0.690. The second kappa shape index (κ2) is 6.14. The van der Waals surface area contributed by atoms with Crippen molar-refractivity contribution in [2.24, 2.45) is 0 Å². The minimum Gasteiger partial charge on any atom is -0.367 e. The number of benzene rings is 1. The molecule has 24 heavy (non-hydrogen) atoms. The molecule has 0 unspecified atom stereocenters. The molecule has 0 spiro atoms. The Labute approximate surface area is 150 Å². The van der Waals surface area contributed by atoms with Crippen LogP contribution >= 0.6 is 23.1 Å². The molecule has 0 aliphatic carbocycles. The fourth-order valence-electron chi connectivity index (χ4n) is 3.93. The summed E-state index contributed by atoms with van der Waals surface area (Å²) >= 11 is 3.80. The molecule has 0 saturated carbocycles. The van der Waals surface area contributed by atoms with E-state index in [2.05, 4.69) is 50.9 Å². The Morgan fingerprint density at radius 2 is 2.04 bits per heavy atom. The number of rotatable bonds is 2. The molecule has 3 nitrogen and oxygen atoms in total. The van der Waals surface area contributed by atoms with E-state index in [9.17, 15) is 0 Å². The first-order valence-electron chi connectivity index (χ1n) is 8.69. The Balaban J connectivity index is 1.57. The molecule has 1 aromatic carbocycles. The molecule has 5 heteroatoms. The van der Waals surface area contributed by atoms with E-state index < -0.39 is 0 Å². The van der Waals surface area contributed by atoms with Crippen molar-refractivity contribution in [3.05, 3.63) is 35.7 Å². The number of nitrogens with one attached hydrogen (secondary N) is 2. The van der Waals surface area contributed by atoms with E-state index in [1.807, 2.05) is 11.8 Å². The van der Waals surface area contributed by atoms with Gasteiger partial charge in [0.05, 0.1) is 16.3 Å². The van der Waals surface area contributed by atoms with Crippen LogP contribution in [0.4, 0.5) is 5.69 Å². The van der Waals surface area contributed by atoms with Crippen LogP contribution in [0.15, 0.2) is 40.6 Å². The lowest BCUT2D eigenvalue weighted by Crippen LogP contribution is -2.45. The molecule has 124 valence electrons. The Bertz CT molecular complexity index is 847. The van der Waals surface area contributed by atoms with Crippen molar-refractivity contribution in [1.82, 2.24) is 10.3 Å². The lowest BCUT2D eigenvalue weighted by molar-refractivity contribution is 0.432. The number of thiophene rings is 1. The van der Waals surface area contributed by atoms with E-state index in [-0.39, 0.29) is 0 Å². The highest BCUT2D eigenvalue weighted by Gasteiger charge is 2.26. The minimum atomic E-state index is 0.690.